The van der Waals surface area contributed by atoms with Crippen LogP contribution in [0.2, 0.25) is 0 Å². The fraction of sp³-hybridized carbons (Fsp3) is 0.619. The van der Waals surface area contributed by atoms with Crippen molar-refractivity contribution in [2.45, 2.75) is 32.7 Å². The average Bonchev–Trinajstić information content (AvgIpc) is 2.73. The molecule has 28 heavy (non-hydrogen) atoms. The molecule has 1 N–H and O–H groups in total. The number of carbonyl (C=O) groups excluding carboxylic acids is 2. The number of nitrogens with zero attached hydrogens (tertiary/aromatic N) is 2. The standard InChI is InChI=1S/C21H31N3O4/c1-15-4-5-19(27-3)18(14-15)22-20(25)16(2)23-8-6-17(7-9-23)21(26)24-10-12-28-13-11-24/h4-5,14,16-17H,6-13H2,1-3H3,(H,22,25). The molecule has 2 fully saturated rings. The Hall–Kier alpha value is -2.12. The van der Waals surface area contributed by atoms with Gasteiger partial charge in [-0.2, -0.15) is 0 Å². The molecule has 0 radical (unpaired) electrons. The van der Waals surface area contributed by atoms with Crippen LogP contribution >= 0.6 is 0 Å². The molecule has 7 heteroatoms. The third kappa shape index (κ3) is 4.83. The summed E-state index contributed by atoms with van der Waals surface area (Å²) in [5.74, 6) is 0.897. The van der Waals surface area contributed by atoms with Gasteiger partial charge in [-0.15, -0.1) is 0 Å². The smallest absolute Gasteiger partial charge is 0.241 e. The summed E-state index contributed by atoms with van der Waals surface area (Å²) in [5.41, 5.74) is 1.75. The van der Waals surface area contributed by atoms with Gasteiger partial charge >= 0.3 is 0 Å². The minimum Gasteiger partial charge on any atom is -0.495 e. The topological polar surface area (TPSA) is 71.1 Å². The summed E-state index contributed by atoms with van der Waals surface area (Å²) >= 11 is 0. The molecule has 2 aliphatic heterocycles. The van der Waals surface area contributed by atoms with Crippen molar-refractivity contribution in [2.75, 3.05) is 51.8 Å². The maximum atomic E-state index is 12.8. The average molecular weight is 389 g/mol. The van der Waals surface area contributed by atoms with E-state index in [-0.39, 0.29) is 23.8 Å². The van der Waals surface area contributed by atoms with E-state index in [0.29, 0.717) is 37.7 Å². The highest BCUT2D eigenvalue weighted by Crippen LogP contribution is 2.26. The molecular weight excluding hydrogens is 358 g/mol. The van der Waals surface area contributed by atoms with Crippen LogP contribution in [0.4, 0.5) is 5.69 Å². The van der Waals surface area contributed by atoms with E-state index in [2.05, 4.69) is 10.2 Å². The van der Waals surface area contributed by atoms with Crippen molar-refractivity contribution in [1.29, 1.82) is 0 Å². The van der Waals surface area contributed by atoms with E-state index in [9.17, 15) is 9.59 Å². The number of carbonyl (C=O) groups is 2. The van der Waals surface area contributed by atoms with Gasteiger partial charge in [-0.05, 0) is 57.5 Å². The van der Waals surface area contributed by atoms with Crippen LogP contribution < -0.4 is 10.1 Å². The number of hydrogen-bond acceptors (Lipinski definition) is 5. The molecule has 0 aromatic heterocycles. The van der Waals surface area contributed by atoms with Gasteiger partial charge in [0.2, 0.25) is 11.8 Å². The Morgan fingerprint density at radius 1 is 1.18 bits per heavy atom. The number of ether oxygens (including phenoxy) is 2. The summed E-state index contributed by atoms with van der Waals surface area (Å²) in [5, 5.41) is 2.99. The predicted molar refractivity (Wildman–Crippen MR) is 108 cm³/mol. The minimum atomic E-state index is -0.260. The number of rotatable bonds is 5. The molecule has 3 rings (SSSR count). The van der Waals surface area contributed by atoms with Crippen LogP contribution in [0.1, 0.15) is 25.3 Å². The molecule has 1 aromatic rings. The molecule has 2 heterocycles. The lowest BCUT2D eigenvalue weighted by molar-refractivity contribution is -0.141. The van der Waals surface area contributed by atoms with Gasteiger partial charge in [0.25, 0.3) is 0 Å². The van der Waals surface area contributed by atoms with E-state index in [1.54, 1.807) is 7.11 Å². The first-order valence-corrected chi connectivity index (χ1v) is 10.1. The zero-order chi connectivity index (χ0) is 20.1. The second-order valence-electron chi connectivity index (χ2n) is 7.62. The van der Waals surface area contributed by atoms with Gasteiger partial charge in [-0.1, -0.05) is 6.07 Å². The van der Waals surface area contributed by atoms with Gasteiger partial charge in [0.1, 0.15) is 5.75 Å². The largest absolute Gasteiger partial charge is 0.495 e. The van der Waals surface area contributed by atoms with Gasteiger partial charge in [0.15, 0.2) is 0 Å². The van der Waals surface area contributed by atoms with Crippen LogP contribution in [0.15, 0.2) is 18.2 Å². The molecule has 1 aromatic carbocycles. The molecule has 1 unspecified atom stereocenters. The van der Waals surface area contributed by atoms with Crippen molar-refractivity contribution < 1.29 is 19.1 Å². The summed E-state index contributed by atoms with van der Waals surface area (Å²) in [4.78, 5) is 29.5. The Kier molecular flexibility index (Phi) is 6.91. The lowest BCUT2D eigenvalue weighted by Crippen LogP contribution is -2.50. The molecule has 2 amide bonds. The monoisotopic (exact) mass is 389 g/mol. The molecule has 0 bridgehead atoms. The van der Waals surface area contributed by atoms with E-state index < -0.39 is 0 Å². The zero-order valence-corrected chi connectivity index (χ0v) is 17.1. The predicted octanol–water partition coefficient (Wildman–Crippen LogP) is 1.90. The van der Waals surface area contributed by atoms with E-state index in [1.165, 1.54) is 0 Å². The number of methoxy groups -OCH3 is 1. The highest BCUT2D eigenvalue weighted by molar-refractivity contribution is 5.96. The number of aryl methyl sites for hydroxylation is 1. The summed E-state index contributed by atoms with van der Waals surface area (Å²) < 4.78 is 10.7. The van der Waals surface area contributed by atoms with Crippen molar-refractivity contribution in [3.63, 3.8) is 0 Å². The maximum Gasteiger partial charge on any atom is 0.241 e. The number of hydrogen-bond donors (Lipinski definition) is 1. The molecule has 0 spiro atoms. The van der Waals surface area contributed by atoms with E-state index in [4.69, 9.17) is 9.47 Å². The van der Waals surface area contributed by atoms with Crippen LogP contribution in [0, 0.1) is 12.8 Å². The van der Waals surface area contributed by atoms with Crippen molar-refractivity contribution in [2.24, 2.45) is 5.92 Å². The van der Waals surface area contributed by atoms with Crippen molar-refractivity contribution in [3.8, 4) is 5.75 Å². The second-order valence-corrected chi connectivity index (χ2v) is 7.62. The van der Waals surface area contributed by atoms with Gasteiger partial charge in [0, 0.05) is 19.0 Å². The zero-order valence-electron chi connectivity index (χ0n) is 17.1. The lowest BCUT2D eigenvalue weighted by Gasteiger charge is -2.37. The Balaban J connectivity index is 1.53. The number of piperidine rings is 1. The van der Waals surface area contributed by atoms with Gasteiger partial charge in [-0.25, -0.2) is 0 Å². The van der Waals surface area contributed by atoms with Gasteiger partial charge < -0.3 is 19.7 Å². The SMILES string of the molecule is COc1ccc(C)cc1NC(=O)C(C)N1CCC(C(=O)N2CCOCC2)CC1. The molecule has 2 saturated heterocycles. The summed E-state index contributed by atoms with van der Waals surface area (Å²) in [6.07, 6.45) is 1.59. The lowest BCUT2D eigenvalue weighted by atomic mass is 9.94. The van der Waals surface area contributed by atoms with Crippen molar-refractivity contribution in [3.05, 3.63) is 23.8 Å². The number of amides is 2. The van der Waals surface area contributed by atoms with Crippen molar-refractivity contribution in [1.82, 2.24) is 9.80 Å². The Bertz CT molecular complexity index is 695. The van der Waals surface area contributed by atoms with Gasteiger partial charge in [-0.3, -0.25) is 14.5 Å². The van der Waals surface area contributed by atoms with E-state index in [1.807, 2.05) is 36.9 Å². The highest BCUT2D eigenvalue weighted by Gasteiger charge is 2.32. The van der Waals surface area contributed by atoms with Crippen LogP contribution in [-0.4, -0.2) is 74.2 Å². The van der Waals surface area contributed by atoms with Crippen LogP contribution in [0.5, 0.6) is 5.75 Å². The van der Waals surface area contributed by atoms with Crippen LogP contribution in [0.25, 0.3) is 0 Å². The molecular formula is C21H31N3O4. The van der Waals surface area contributed by atoms with Crippen LogP contribution in [-0.2, 0) is 14.3 Å². The van der Waals surface area contributed by atoms with Crippen LogP contribution in [0.3, 0.4) is 0 Å². The Labute approximate surface area is 167 Å². The van der Waals surface area contributed by atoms with E-state index in [0.717, 1.165) is 31.5 Å². The van der Waals surface area contributed by atoms with Gasteiger partial charge in [0.05, 0.1) is 32.1 Å². The molecule has 154 valence electrons. The Morgan fingerprint density at radius 3 is 2.50 bits per heavy atom. The molecule has 0 saturated carbocycles. The second kappa shape index (κ2) is 9.39. The minimum absolute atomic E-state index is 0.0538. The highest BCUT2D eigenvalue weighted by atomic mass is 16.5. The third-order valence-electron chi connectivity index (χ3n) is 5.74. The molecule has 7 nitrogen and oxygen atoms in total. The first-order chi connectivity index (χ1) is 13.5. The van der Waals surface area contributed by atoms with E-state index >= 15 is 0 Å². The fourth-order valence-electron chi connectivity index (χ4n) is 3.90. The summed E-state index contributed by atoms with van der Waals surface area (Å²) in [6.45, 7) is 8.04. The normalized spacial score (nSPS) is 19.9. The molecule has 1 atom stereocenters. The Morgan fingerprint density at radius 2 is 1.86 bits per heavy atom. The summed E-state index contributed by atoms with van der Waals surface area (Å²) in [6, 6.07) is 5.47. The molecule has 0 aliphatic carbocycles. The maximum absolute atomic E-state index is 12.8. The number of nitrogens with one attached hydrogen (secondary N) is 1. The first kappa shape index (κ1) is 20.6. The number of anilines is 1. The number of likely N-dealkylation sites (tertiary alicyclic amines) is 1. The quantitative estimate of drug-likeness (QED) is 0.833. The summed E-state index contributed by atoms with van der Waals surface area (Å²) in [7, 11) is 1.60. The number of morpholine rings is 1. The van der Waals surface area contributed by atoms with Crippen molar-refractivity contribution >= 4 is 17.5 Å². The number of benzene rings is 1. The first-order valence-electron chi connectivity index (χ1n) is 10.1. The fourth-order valence-corrected chi connectivity index (χ4v) is 3.90. The molecule has 2 aliphatic rings. The third-order valence-corrected chi connectivity index (χ3v) is 5.74.